The standard InChI is InChI=1S/CH2O3.Mn.Na.H3P.H/c2-1(3)4;;;;/h(H2,2,3,4);;;1H3;/q;;+1;;-1. The van der Waals surface area contributed by atoms with E-state index < -0.39 is 6.16 Å². The zero-order chi connectivity index (χ0) is 3.58. The second kappa shape index (κ2) is 15.7. The summed E-state index contributed by atoms with van der Waals surface area (Å²) in [5, 5.41) is 13.9. The van der Waals surface area contributed by atoms with Gasteiger partial charge in [-0.15, -0.1) is 0 Å². The molecule has 0 aliphatic carbocycles. The van der Waals surface area contributed by atoms with E-state index in [-0.39, 0.29) is 58.0 Å². The Labute approximate surface area is 78.7 Å². The summed E-state index contributed by atoms with van der Waals surface area (Å²) in [7, 11) is 0. The summed E-state index contributed by atoms with van der Waals surface area (Å²) in [4.78, 5) is 8.56. The molecule has 0 saturated heterocycles. The molecule has 1 radical (unpaired) electrons. The van der Waals surface area contributed by atoms with Gasteiger partial charge in [-0.05, 0) is 0 Å². The molecule has 0 aromatic rings. The van der Waals surface area contributed by atoms with Gasteiger partial charge in [0.2, 0.25) is 0 Å². The Kier molecular flexibility index (Phi) is 53.9. The Morgan fingerprint density at radius 2 is 1.43 bits per heavy atom. The van der Waals surface area contributed by atoms with Crippen LogP contribution in [0.25, 0.3) is 0 Å². The summed E-state index contributed by atoms with van der Waals surface area (Å²) < 4.78 is 0. The first-order valence-electron chi connectivity index (χ1n) is 0.651. The minimum atomic E-state index is -1.83. The summed E-state index contributed by atoms with van der Waals surface area (Å²) >= 11 is 0. The van der Waals surface area contributed by atoms with Crippen LogP contribution >= 0.6 is 9.90 Å². The summed E-state index contributed by atoms with van der Waals surface area (Å²) in [5.41, 5.74) is 0. The van der Waals surface area contributed by atoms with E-state index in [0.29, 0.717) is 0 Å². The first-order chi connectivity index (χ1) is 1.73. The number of carboxylic acid groups (broad SMARTS) is 2. The third-order valence-corrected chi connectivity index (χ3v) is 0. The largest absolute Gasteiger partial charge is 1.00 e. The molecule has 0 aliphatic heterocycles. The van der Waals surface area contributed by atoms with Crippen LogP contribution in [0.5, 0.6) is 0 Å². The molecular weight excluding hydrogens is 169 g/mol. The summed E-state index contributed by atoms with van der Waals surface area (Å²) in [6.45, 7) is 0. The second-order valence-corrected chi connectivity index (χ2v) is 0.283. The molecule has 41 valence electrons. The van der Waals surface area contributed by atoms with Gasteiger partial charge in [0.1, 0.15) is 0 Å². The van der Waals surface area contributed by atoms with Crippen molar-refractivity contribution in [3.63, 3.8) is 0 Å². The van der Waals surface area contributed by atoms with E-state index in [1.165, 1.54) is 0 Å². The van der Waals surface area contributed by atoms with E-state index >= 15 is 0 Å². The molecule has 0 bridgehead atoms. The van der Waals surface area contributed by atoms with Gasteiger partial charge in [0.15, 0.2) is 0 Å². The molecule has 0 amide bonds. The van der Waals surface area contributed by atoms with E-state index in [9.17, 15) is 0 Å². The zero-order valence-electron chi connectivity index (χ0n) is 4.89. The van der Waals surface area contributed by atoms with Crippen molar-refractivity contribution >= 4 is 16.1 Å². The van der Waals surface area contributed by atoms with Crippen LogP contribution in [0.4, 0.5) is 4.79 Å². The third kappa shape index (κ3) is 132. The van der Waals surface area contributed by atoms with Gasteiger partial charge in [0, 0.05) is 17.1 Å². The van der Waals surface area contributed by atoms with Gasteiger partial charge >= 0.3 is 35.7 Å². The van der Waals surface area contributed by atoms with Gasteiger partial charge in [-0.25, -0.2) is 4.79 Å². The average molecular weight is 175 g/mol. The molecule has 0 heterocycles. The monoisotopic (exact) mass is 175 g/mol. The molecule has 0 aromatic carbocycles. The molecule has 7 heavy (non-hydrogen) atoms. The van der Waals surface area contributed by atoms with Crippen LogP contribution in [-0.4, -0.2) is 16.4 Å². The van der Waals surface area contributed by atoms with Crippen LogP contribution in [0.15, 0.2) is 0 Å². The van der Waals surface area contributed by atoms with Gasteiger partial charge in [-0.1, -0.05) is 0 Å². The van der Waals surface area contributed by atoms with Gasteiger partial charge in [0.25, 0.3) is 0 Å². The van der Waals surface area contributed by atoms with Crippen LogP contribution in [-0.2, 0) is 17.1 Å². The quantitative estimate of drug-likeness (QED) is 0.313. The van der Waals surface area contributed by atoms with Gasteiger partial charge < -0.3 is 11.6 Å². The van der Waals surface area contributed by atoms with Gasteiger partial charge in [-0.3, -0.25) is 0 Å². The molecule has 2 N–H and O–H groups in total. The number of hydrogen-bond donors (Lipinski definition) is 2. The van der Waals surface area contributed by atoms with Gasteiger partial charge in [-0.2, -0.15) is 9.90 Å². The van der Waals surface area contributed by atoms with E-state index in [1.807, 2.05) is 0 Å². The molecular formula is CH6MnNaO3P. The Balaban J connectivity index is -0.00000000750. The Morgan fingerprint density at radius 3 is 1.43 bits per heavy atom. The number of hydrogen-bond acceptors (Lipinski definition) is 1. The number of rotatable bonds is 0. The van der Waals surface area contributed by atoms with E-state index in [2.05, 4.69) is 0 Å². The van der Waals surface area contributed by atoms with Crippen molar-refractivity contribution in [2.24, 2.45) is 0 Å². The van der Waals surface area contributed by atoms with E-state index in [4.69, 9.17) is 15.0 Å². The normalized spacial score (nSPS) is 3.43. The maximum atomic E-state index is 8.56. The number of carbonyl (C=O) groups is 1. The third-order valence-electron chi connectivity index (χ3n) is 0. The molecule has 0 aromatic heterocycles. The van der Waals surface area contributed by atoms with Crippen molar-refractivity contribution in [1.82, 2.24) is 0 Å². The fourth-order valence-electron chi connectivity index (χ4n) is 0. The minimum Gasteiger partial charge on any atom is -1.00 e. The van der Waals surface area contributed by atoms with Crippen molar-refractivity contribution in [3.8, 4) is 0 Å². The van der Waals surface area contributed by atoms with Gasteiger partial charge in [0.05, 0.1) is 0 Å². The van der Waals surface area contributed by atoms with Crippen LogP contribution in [0.1, 0.15) is 1.43 Å². The molecule has 0 rings (SSSR count). The first-order valence-corrected chi connectivity index (χ1v) is 0.651. The SMILES string of the molecule is O=C(O)O.P.[H-].[Mn].[Na+]. The van der Waals surface area contributed by atoms with Crippen molar-refractivity contribution in [2.45, 2.75) is 0 Å². The summed E-state index contributed by atoms with van der Waals surface area (Å²) in [6.07, 6.45) is -1.83. The van der Waals surface area contributed by atoms with E-state index in [1.54, 1.807) is 0 Å². The molecule has 1 unspecified atom stereocenters. The smallest absolute Gasteiger partial charge is 1.00 e. The zero-order valence-corrected chi connectivity index (χ0v) is 8.48. The Morgan fingerprint density at radius 1 is 1.43 bits per heavy atom. The average Bonchev–Trinajstić information content (AvgIpc) is 0.811. The second-order valence-electron chi connectivity index (χ2n) is 0.283. The molecule has 0 fully saturated rings. The summed E-state index contributed by atoms with van der Waals surface area (Å²) in [6, 6.07) is 0. The Hall–Kier alpha value is 1.22. The van der Waals surface area contributed by atoms with Crippen LogP contribution in [0.3, 0.4) is 0 Å². The van der Waals surface area contributed by atoms with E-state index in [0.717, 1.165) is 0 Å². The maximum absolute atomic E-state index is 8.56. The van der Waals surface area contributed by atoms with Crippen LogP contribution < -0.4 is 29.6 Å². The fraction of sp³-hybridized carbons (Fsp3) is 0. The predicted octanol–water partition coefficient (Wildman–Crippen LogP) is -2.61. The van der Waals surface area contributed by atoms with Crippen LogP contribution in [0, 0.1) is 0 Å². The molecule has 0 spiro atoms. The first kappa shape index (κ1) is 24.1. The summed E-state index contributed by atoms with van der Waals surface area (Å²) in [5.74, 6) is 0. The van der Waals surface area contributed by atoms with Crippen molar-refractivity contribution in [3.05, 3.63) is 0 Å². The topological polar surface area (TPSA) is 57.5 Å². The molecule has 3 nitrogen and oxygen atoms in total. The minimum absolute atomic E-state index is 0. The molecule has 0 aliphatic rings. The van der Waals surface area contributed by atoms with Crippen molar-refractivity contribution in [2.75, 3.05) is 0 Å². The van der Waals surface area contributed by atoms with Crippen molar-refractivity contribution < 1.29 is 63.1 Å². The van der Waals surface area contributed by atoms with Crippen molar-refractivity contribution in [1.29, 1.82) is 0 Å². The maximum Gasteiger partial charge on any atom is 1.00 e. The Bertz CT molecular complexity index is 42.3. The van der Waals surface area contributed by atoms with Crippen LogP contribution in [0.2, 0.25) is 0 Å². The molecule has 1 atom stereocenters. The molecule has 6 heteroatoms. The predicted molar refractivity (Wildman–Crippen MR) is 22.9 cm³/mol. The fourth-order valence-corrected chi connectivity index (χ4v) is 0. The molecule has 0 saturated carbocycles.